The first-order valence-corrected chi connectivity index (χ1v) is 12.6. The molecule has 11 heteroatoms. The van der Waals surface area contributed by atoms with Crippen LogP contribution in [-0.2, 0) is 15.1 Å². The lowest BCUT2D eigenvalue weighted by Gasteiger charge is -2.34. The minimum Gasteiger partial charge on any atom is -0.367 e. The highest BCUT2D eigenvalue weighted by Crippen LogP contribution is 2.31. The fourth-order valence-corrected chi connectivity index (χ4v) is 5.11. The molecule has 0 saturated carbocycles. The third-order valence-corrected chi connectivity index (χ3v) is 7.29. The van der Waals surface area contributed by atoms with Gasteiger partial charge in [-0.05, 0) is 62.2 Å². The summed E-state index contributed by atoms with van der Waals surface area (Å²) in [7, 11) is 0. The number of nitrogens with zero attached hydrogens (tertiary/aromatic N) is 2. The largest absolute Gasteiger partial charge is 0.367 e. The van der Waals surface area contributed by atoms with Gasteiger partial charge >= 0.3 is 0 Å². The van der Waals surface area contributed by atoms with E-state index < -0.39 is 35.1 Å². The van der Waals surface area contributed by atoms with Crippen LogP contribution in [0.25, 0.3) is 0 Å². The molecule has 2 aliphatic rings. The second-order valence-corrected chi connectivity index (χ2v) is 9.73. The maximum absolute atomic E-state index is 13.3. The average Bonchev–Trinajstić information content (AvgIpc) is 3.32. The van der Waals surface area contributed by atoms with Crippen LogP contribution in [0.2, 0.25) is 5.02 Å². The molecule has 2 aliphatic heterocycles. The Morgan fingerprint density at radius 3 is 2.65 bits per heavy atom. The summed E-state index contributed by atoms with van der Waals surface area (Å²) in [6.07, 6.45) is 4.82. The smallest absolute Gasteiger partial charge is 0.257 e. The Morgan fingerprint density at radius 1 is 1.22 bits per heavy atom. The molecule has 0 spiro atoms. The predicted molar refractivity (Wildman–Crippen MR) is 140 cm³/mol. The van der Waals surface area contributed by atoms with Crippen LogP contribution in [0.5, 0.6) is 0 Å². The summed E-state index contributed by atoms with van der Waals surface area (Å²) >= 11 is 5.97. The number of carbonyl (C=O) groups is 3. The van der Waals surface area contributed by atoms with Crippen LogP contribution >= 0.6 is 11.6 Å². The summed E-state index contributed by atoms with van der Waals surface area (Å²) in [5.74, 6) is -2.24. The predicted octanol–water partition coefficient (Wildman–Crippen LogP) is 2.40. The van der Waals surface area contributed by atoms with E-state index in [0.29, 0.717) is 30.4 Å². The van der Waals surface area contributed by atoms with Crippen molar-refractivity contribution in [2.45, 2.75) is 43.8 Å². The standard InChI is InChI=1S/C26H30ClFN6O3/c1-16-4-2-3-12-34(16)13-11-30-24(36)22-26(25(29)37,32-15-31-22)17-5-8-19(9-6-17)33-23(35)20-10-7-18(28)14-21(20)27/h5-10,14-16,22H,2-4,11-13H2,1H3,(H2,29,37)(H,30,36)(H,31,32)(H,33,35)/t16-,22?,26?/m1/s1. The number of piperidine rings is 1. The van der Waals surface area contributed by atoms with Crippen molar-refractivity contribution in [2.75, 3.05) is 25.0 Å². The van der Waals surface area contributed by atoms with E-state index in [1.165, 1.54) is 18.8 Å². The van der Waals surface area contributed by atoms with Gasteiger partial charge in [0.15, 0.2) is 11.6 Å². The second kappa shape index (κ2) is 11.3. The summed E-state index contributed by atoms with van der Waals surface area (Å²) in [5.41, 5.74) is 5.15. The Morgan fingerprint density at radius 2 is 1.97 bits per heavy atom. The molecule has 4 rings (SSSR count). The quantitative estimate of drug-likeness (QED) is 0.418. The number of nitrogens with one attached hydrogen (secondary N) is 3. The van der Waals surface area contributed by atoms with Gasteiger partial charge in [-0.1, -0.05) is 30.2 Å². The molecule has 2 unspecified atom stereocenters. The normalized spacial score (nSPS) is 23.3. The van der Waals surface area contributed by atoms with Crippen LogP contribution in [0.4, 0.5) is 10.1 Å². The number of carbonyl (C=O) groups excluding carboxylic acids is 3. The number of halogens is 2. The molecule has 1 saturated heterocycles. The first-order valence-electron chi connectivity index (χ1n) is 12.2. The molecule has 1 fully saturated rings. The highest BCUT2D eigenvalue weighted by atomic mass is 35.5. The van der Waals surface area contributed by atoms with Crippen molar-refractivity contribution < 1.29 is 18.8 Å². The lowest BCUT2D eigenvalue weighted by Crippen LogP contribution is -2.60. The van der Waals surface area contributed by atoms with E-state index in [9.17, 15) is 18.8 Å². The van der Waals surface area contributed by atoms with Crippen LogP contribution < -0.4 is 21.7 Å². The van der Waals surface area contributed by atoms with Crippen molar-refractivity contribution in [3.8, 4) is 0 Å². The number of hydrogen-bond donors (Lipinski definition) is 4. The van der Waals surface area contributed by atoms with Crippen molar-refractivity contribution in [1.29, 1.82) is 0 Å². The third kappa shape index (κ3) is 5.60. The molecule has 0 bridgehead atoms. The van der Waals surface area contributed by atoms with Crippen LogP contribution in [0, 0.1) is 5.82 Å². The van der Waals surface area contributed by atoms with Gasteiger partial charge in [0, 0.05) is 24.8 Å². The monoisotopic (exact) mass is 528 g/mol. The van der Waals surface area contributed by atoms with Gasteiger partial charge in [0.25, 0.3) is 11.8 Å². The Labute approximate surface area is 219 Å². The molecule has 196 valence electrons. The zero-order valence-electron chi connectivity index (χ0n) is 20.5. The molecule has 0 radical (unpaired) electrons. The van der Waals surface area contributed by atoms with Crippen molar-refractivity contribution in [2.24, 2.45) is 10.7 Å². The molecule has 37 heavy (non-hydrogen) atoms. The highest BCUT2D eigenvalue weighted by molar-refractivity contribution is 6.34. The first-order chi connectivity index (χ1) is 17.7. The van der Waals surface area contributed by atoms with Crippen molar-refractivity contribution in [3.63, 3.8) is 0 Å². The van der Waals surface area contributed by atoms with Gasteiger partial charge < -0.3 is 21.7 Å². The van der Waals surface area contributed by atoms with Crippen molar-refractivity contribution in [1.82, 2.24) is 15.5 Å². The lowest BCUT2D eigenvalue weighted by atomic mass is 9.82. The SMILES string of the molecule is C[C@@H]1CCCCN1CCNC(=O)C1N=CNC1(C(N)=O)c1ccc(NC(=O)c2ccc(F)cc2Cl)cc1. The number of primary amides is 1. The molecule has 9 nitrogen and oxygen atoms in total. The summed E-state index contributed by atoms with van der Waals surface area (Å²) in [5, 5.41) is 8.44. The van der Waals surface area contributed by atoms with E-state index in [-0.39, 0.29) is 10.6 Å². The molecule has 5 N–H and O–H groups in total. The number of hydrogen-bond acceptors (Lipinski definition) is 6. The topological polar surface area (TPSA) is 129 Å². The molecular formula is C26H30ClFN6O3. The number of anilines is 1. The molecule has 2 aromatic carbocycles. The fourth-order valence-electron chi connectivity index (χ4n) is 4.86. The van der Waals surface area contributed by atoms with Gasteiger partial charge in [0.05, 0.1) is 16.9 Å². The van der Waals surface area contributed by atoms with E-state index in [0.717, 1.165) is 31.5 Å². The van der Waals surface area contributed by atoms with Gasteiger partial charge in [-0.3, -0.25) is 24.3 Å². The van der Waals surface area contributed by atoms with Crippen LogP contribution in [0.15, 0.2) is 47.5 Å². The Hall–Kier alpha value is -3.50. The molecule has 3 atom stereocenters. The molecule has 0 aromatic heterocycles. The minimum absolute atomic E-state index is 0.0160. The van der Waals surface area contributed by atoms with Crippen LogP contribution in [0.1, 0.15) is 42.1 Å². The van der Waals surface area contributed by atoms with Crippen molar-refractivity contribution >= 4 is 41.3 Å². The summed E-state index contributed by atoms with van der Waals surface area (Å²) < 4.78 is 13.3. The van der Waals surface area contributed by atoms with Gasteiger partial charge in [-0.15, -0.1) is 0 Å². The minimum atomic E-state index is -1.58. The Kier molecular flexibility index (Phi) is 8.09. The number of nitrogens with two attached hydrogens (primary N) is 1. The van der Waals surface area contributed by atoms with Gasteiger partial charge in [0.1, 0.15) is 5.82 Å². The first kappa shape index (κ1) is 26.6. The van der Waals surface area contributed by atoms with E-state index >= 15 is 0 Å². The van der Waals surface area contributed by atoms with Crippen molar-refractivity contribution in [3.05, 3.63) is 64.4 Å². The summed E-state index contributed by atoms with van der Waals surface area (Å²) in [6, 6.07) is 9.18. The zero-order valence-corrected chi connectivity index (χ0v) is 21.2. The van der Waals surface area contributed by atoms with Gasteiger partial charge in [-0.2, -0.15) is 0 Å². The average molecular weight is 529 g/mol. The maximum atomic E-state index is 13.3. The molecule has 0 aliphatic carbocycles. The number of amides is 3. The fraction of sp³-hybridized carbons (Fsp3) is 0.385. The number of likely N-dealkylation sites (tertiary alicyclic amines) is 1. The van der Waals surface area contributed by atoms with E-state index in [1.807, 2.05) is 0 Å². The van der Waals surface area contributed by atoms with Gasteiger partial charge in [-0.25, -0.2) is 4.39 Å². The highest BCUT2D eigenvalue weighted by Gasteiger charge is 2.52. The molecule has 2 heterocycles. The van der Waals surface area contributed by atoms with E-state index in [2.05, 4.69) is 32.8 Å². The number of rotatable bonds is 8. The molecular weight excluding hydrogens is 499 g/mol. The van der Waals surface area contributed by atoms with E-state index in [4.69, 9.17) is 17.3 Å². The number of benzene rings is 2. The second-order valence-electron chi connectivity index (χ2n) is 9.32. The lowest BCUT2D eigenvalue weighted by molar-refractivity contribution is -0.131. The Balaban J connectivity index is 1.45. The molecule has 2 aromatic rings. The summed E-state index contributed by atoms with van der Waals surface area (Å²) in [6.45, 7) is 4.33. The van der Waals surface area contributed by atoms with Crippen LogP contribution in [0.3, 0.4) is 0 Å². The van der Waals surface area contributed by atoms with Crippen LogP contribution in [-0.4, -0.2) is 60.7 Å². The Bertz CT molecular complexity index is 1210. The van der Waals surface area contributed by atoms with E-state index in [1.54, 1.807) is 24.3 Å². The molecule has 3 amide bonds. The maximum Gasteiger partial charge on any atom is 0.257 e. The number of aliphatic imine (C=N–C) groups is 1. The summed E-state index contributed by atoms with van der Waals surface area (Å²) in [4.78, 5) is 44.9. The van der Waals surface area contributed by atoms with Gasteiger partial charge in [0.2, 0.25) is 5.91 Å². The third-order valence-electron chi connectivity index (χ3n) is 6.98. The zero-order chi connectivity index (χ0) is 26.6.